The molecular formula is C29H37N5O5S. The first kappa shape index (κ1) is 26.0. The molecule has 214 valence electrons. The second-order valence-corrected chi connectivity index (χ2v) is 14.1. The monoisotopic (exact) mass is 567 g/mol. The van der Waals surface area contributed by atoms with Crippen LogP contribution >= 0.6 is 0 Å². The van der Waals surface area contributed by atoms with Crippen LogP contribution in [0.3, 0.4) is 0 Å². The summed E-state index contributed by atoms with van der Waals surface area (Å²) >= 11 is 0. The molecule has 3 aliphatic heterocycles. The molecule has 1 amide bonds. The van der Waals surface area contributed by atoms with Crippen LogP contribution in [0.1, 0.15) is 61.0 Å². The molecule has 2 saturated carbocycles. The third kappa shape index (κ3) is 4.81. The van der Waals surface area contributed by atoms with Gasteiger partial charge in [0.1, 0.15) is 5.69 Å². The molecule has 0 radical (unpaired) electrons. The third-order valence-electron chi connectivity index (χ3n) is 9.63. The second-order valence-electron chi connectivity index (χ2n) is 12.3. The van der Waals surface area contributed by atoms with Crippen LogP contribution in [0.5, 0.6) is 5.75 Å². The van der Waals surface area contributed by atoms with Crippen LogP contribution in [-0.4, -0.2) is 70.4 Å². The predicted octanol–water partition coefficient (Wildman–Crippen LogP) is 2.91. The number of hydrogen-bond acceptors (Lipinski definition) is 8. The minimum absolute atomic E-state index is 0.0590. The van der Waals surface area contributed by atoms with E-state index in [0.717, 1.165) is 69.0 Å². The Morgan fingerprint density at radius 2 is 1.73 bits per heavy atom. The summed E-state index contributed by atoms with van der Waals surface area (Å²) < 4.78 is 34.1. The van der Waals surface area contributed by atoms with Crippen LogP contribution in [-0.2, 0) is 16.4 Å². The standard InChI is InChI=1S/C29H37N5O5S/c35-15-11-30-40(37,38)21-1-2-22(24(18-21)33-12-8-28(4-5-28)9-13-33)32-27(36)23-17-20-3-16-39-25(20)26(31-23)34-14-10-29(19-34)6-7-29/h1-2,17-18,30,35H,3-16,19H2,(H,32,36). The van der Waals surface area contributed by atoms with Crippen molar-refractivity contribution < 1.29 is 23.1 Å². The quantitative estimate of drug-likeness (QED) is 0.445. The van der Waals surface area contributed by atoms with E-state index in [1.54, 1.807) is 12.1 Å². The number of fused-ring (bicyclic) bond motifs is 1. The molecule has 1 aromatic heterocycles. The van der Waals surface area contributed by atoms with Gasteiger partial charge in [0.2, 0.25) is 10.0 Å². The molecule has 2 aliphatic carbocycles. The Balaban J connectivity index is 1.18. The number of ether oxygens (including phenoxy) is 1. The number of rotatable bonds is 8. The van der Waals surface area contributed by atoms with Gasteiger partial charge in [-0.25, -0.2) is 18.1 Å². The molecule has 5 aliphatic rings. The molecule has 0 bridgehead atoms. The van der Waals surface area contributed by atoms with Gasteiger partial charge in [-0.15, -0.1) is 0 Å². The van der Waals surface area contributed by atoms with Gasteiger partial charge in [0.05, 0.1) is 29.5 Å². The van der Waals surface area contributed by atoms with Gasteiger partial charge in [-0.05, 0) is 80.0 Å². The average Bonchev–Trinajstić information content (AvgIpc) is 3.78. The van der Waals surface area contributed by atoms with Crippen LogP contribution < -0.4 is 24.6 Å². The summed E-state index contributed by atoms with van der Waals surface area (Å²) in [6.45, 7) is 3.76. The smallest absolute Gasteiger partial charge is 0.274 e. The maximum absolute atomic E-state index is 13.7. The summed E-state index contributed by atoms with van der Waals surface area (Å²) in [5.74, 6) is 1.26. The minimum Gasteiger partial charge on any atom is -0.489 e. The highest BCUT2D eigenvalue weighted by atomic mass is 32.2. The largest absolute Gasteiger partial charge is 0.489 e. The Morgan fingerprint density at radius 3 is 2.42 bits per heavy atom. The van der Waals surface area contributed by atoms with Crippen molar-refractivity contribution in [2.24, 2.45) is 10.8 Å². The molecule has 40 heavy (non-hydrogen) atoms. The van der Waals surface area contributed by atoms with Crippen molar-refractivity contribution in [3.05, 3.63) is 35.5 Å². The maximum atomic E-state index is 13.7. The average molecular weight is 568 g/mol. The van der Waals surface area contributed by atoms with Crippen LogP contribution in [0.15, 0.2) is 29.2 Å². The van der Waals surface area contributed by atoms with Crippen molar-refractivity contribution in [2.75, 3.05) is 61.1 Å². The van der Waals surface area contributed by atoms with E-state index in [2.05, 4.69) is 19.8 Å². The highest BCUT2D eigenvalue weighted by Gasteiger charge is 2.49. The van der Waals surface area contributed by atoms with Crippen molar-refractivity contribution in [2.45, 2.75) is 56.3 Å². The molecule has 2 aromatic rings. The molecule has 4 heterocycles. The molecule has 10 nitrogen and oxygen atoms in total. The topological polar surface area (TPSA) is 124 Å². The van der Waals surface area contributed by atoms with Crippen LogP contribution in [0, 0.1) is 10.8 Å². The highest BCUT2D eigenvalue weighted by molar-refractivity contribution is 7.89. The number of carbonyl (C=O) groups is 1. The maximum Gasteiger partial charge on any atom is 0.274 e. The summed E-state index contributed by atoms with van der Waals surface area (Å²) in [5.41, 5.74) is 3.48. The zero-order valence-electron chi connectivity index (χ0n) is 22.7. The molecule has 7 rings (SSSR count). The fraction of sp³-hybridized carbons (Fsp3) is 0.586. The van der Waals surface area contributed by atoms with E-state index < -0.39 is 10.0 Å². The van der Waals surface area contributed by atoms with Crippen molar-refractivity contribution in [1.29, 1.82) is 0 Å². The third-order valence-corrected chi connectivity index (χ3v) is 11.1. The fourth-order valence-corrected chi connectivity index (χ4v) is 7.64. The molecule has 2 saturated heterocycles. The van der Waals surface area contributed by atoms with E-state index in [0.29, 0.717) is 34.5 Å². The molecule has 0 atom stereocenters. The number of aliphatic hydroxyl groups excluding tert-OH is 1. The van der Waals surface area contributed by atoms with Crippen LogP contribution in [0.25, 0.3) is 0 Å². The predicted molar refractivity (Wildman–Crippen MR) is 152 cm³/mol. The number of pyridine rings is 1. The molecule has 0 unspecified atom stereocenters. The van der Waals surface area contributed by atoms with Crippen molar-refractivity contribution in [1.82, 2.24) is 9.71 Å². The lowest BCUT2D eigenvalue weighted by Crippen LogP contribution is -2.35. The Hall–Kier alpha value is -2.89. The molecular weight excluding hydrogens is 530 g/mol. The molecule has 3 N–H and O–H groups in total. The number of piperidine rings is 1. The first-order valence-electron chi connectivity index (χ1n) is 14.5. The Kier molecular flexibility index (Phi) is 6.25. The summed E-state index contributed by atoms with van der Waals surface area (Å²) in [5, 5.41) is 12.2. The Morgan fingerprint density at radius 1 is 1.00 bits per heavy atom. The van der Waals surface area contributed by atoms with E-state index in [1.807, 2.05) is 6.07 Å². The van der Waals surface area contributed by atoms with Crippen LogP contribution in [0.2, 0.25) is 0 Å². The normalized spacial score (nSPS) is 21.9. The van der Waals surface area contributed by atoms with Crippen molar-refractivity contribution in [3.63, 3.8) is 0 Å². The number of aromatic nitrogens is 1. The number of anilines is 3. The SMILES string of the molecule is O=C(Nc1ccc(S(=O)(=O)NCCO)cc1N1CCC2(CC1)CC2)c1cc2c(c(N3CCC4(CC4)C3)n1)OCC2. The van der Waals surface area contributed by atoms with E-state index >= 15 is 0 Å². The Labute approximate surface area is 235 Å². The van der Waals surface area contributed by atoms with E-state index in [4.69, 9.17) is 14.8 Å². The van der Waals surface area contributed by atoms with E-state index in [-0.39, 0.29) is 24.0 Å². The molecule has 11 heteroatoms. The lowest BCUT2D eigenvalue weighted by molar-refractivity contribution is 0.102. The van der Waals surface area contributed by atoms with Gasteiger partial charge < -0.3 is 25.0 Å². The number of hydrogen-bond donors (Lipinski definition) is 3. The van der Waals surface area contributed by atoms with Gasteiger partial charge in [-0.3, -0.25) is 4.79 Å². The van der Waals surface area contributed by atoms with E-state index in [1.165, 1.54) is 31.7 Å². The number of carbonyl (C=O) groups excluding carboxylic acids is 1. The van der Waals surface area contributed by atoms with E-state index in [9.17, 15) is 13.2 Å². The summed E-state index contributed by atoms with van der Waals surface area (Å²) in [4.78, 5) is 23.1. The van der Waals surface area contributed by atoms with Gasteiger partial charge in [0, 0.05) is 44.7 Å². The van der Waals surface area contributed by atoms with Crippen molar-refractivity contribution in [3.8, 4) is 5.75 Å². The number of benzene rings is 1. The van der Waals surface area contributed by atoms with Gasteiger partial charge >= 0.3 is 0 Å². The first-order chi connectivity index (χ1) is 19.3. The van der Waals surface area contributed by atoms with Crippen molar-refractivity contribution >= 4 is 33.1 Å². The lowest BCUT2D eigenvalue weighted by atomic mass is 9.93. The summed E-state index contributed by atoms with van der Waals surface area (Å²) in [6, 6.07) is 6.63. The molecule has 4 fully saturated rings. The summed E-state index contributed by atoms with van der Waals surface area (Å²) in [6.07, 6.45) is 9.07. The van der Waals surface area contributed by atoms with Gasteiger partial charge in [-0.2, -0.15) is 0 Å². The molecule has 1 aromatic carbocycles. The Bertz CT molecular complexity index is 1440. The number of sulfonamides is 1. The number of nitrogens with zero attached hydrogens (tertiary/aromatic N) is 3. The number of nitrogens with one attached hydrogen (secondary N) is 2. The zero-order valence-corrected chi connectivity index (χ0v) is 23.6. The number of aliphatic hydroxyl groups is 1. The lowest BCUT2D eigenvalue weighted by Gasteiger charge is -2.35. The number of amides is 1. The van der Waals surface area contributed by atoms with Crippen LogP contribution in [0.4, 0.5) is 17.2 Å². The van der Waals surface area contributed by atoms with Gasteiger partial charge in [0.25, 0.3) is 5.91 Å². The second kappa shape index (κ2) is 9.60. The highest BCUT2D eigenvalue weighted by Crippen LogP contribution is 2.55. The fourth-order valence-electron chi connectivity index (χ4n) is 6.60. The minimum atomic E-state index is -3.80. The van der Waals surface area contributed by atoms with Gasteiger partial charge in [0.15, 0.2) is 11.6 Å². The van der Waals surface area contributed by atoms with Gasteiger partial charge in [-0.1, -0.05) is 0 Å². The zero-order chi connectivity index (χ0) is 27.5. The molecule has 2 spiro atoms. The summed E-state index contributed by atoms with van der Waals surface area (Å²) in [7, 11) is -3.80. The first-order valence-corrected chi connectivity index (χ1v) is 16.0.